The summed E-state index contributed by atoms with van der Waals surface area (Å²) in [5.41, 5.74) is 6.67. The van der Waals surface area contributed by atoms with Gasteiger partial charge in [0.05, 0.1) is 6.61 Å². The molecule has 0 spiro atoms. The molecule has 1 fully saturated rings. The van der Waals surface area contributed by atoms with Gasteiger partial charge in [-0.05, 0) is 6.07 Å². The Morgan fingerprint density at radius 3 is 2.84 bits per heavy atom. The van der Waals surface area contributed by atoms with Gasteiger partial charge >= 0.3 is 0 Å². The monoisotopic (exact) mass is 267 g/mol. The van der Waals surface area contributed by atoms with Crippen molar-refractivity contribution in [2.24, 2.45) is 0 Å². The van der Waals surface area contributed by atoms with E-state index in [1.807, 2.05) is 0 Å². The molecular weight excluding hydrogens is 254 g/mol. The number of pyridine rings is 1. The van der Waals surface area contributed by atoms with Crippen LogP contribution in [0.25, 0.3) is 11.0 Å². The number of hydrogen-bond donors (Lipinski definition) is 4. The van der Waals surface area contributed by atoms with Crippen molar-refractivity contribution in [2.75, 3.05) is 12.3 Å². The molecule has 2 aromatic rings. The molecule has 0 bridgehead atoms. The van der Waals surface area contributed by atoms with Gasteiger partial charge in [0.25, 0.3) is 0 Å². The van der Waals surface area contributed by atoms with Crippen LogP contribution in [0, 0.1) is 0 Å². The molecule has 0 aromatic carbocycles. The fraction of sp³-hybridized carbons (Fsp3) is 0.500. The van der Waals surface area contributed by atoms with Crippen LogP contribution in [-0.4, -0.2) is 60.2 Å². The van der Waals surface area contributed by atoms with Crippen LogP contribution in [0.1, 0.15) is 6.23 Å². The van der Waals surface area contributed by atoms with Gasteiger partial charge in [-0.2, -0.15) is 0 Å². The van der Waals surface area contributed by atoms with Crippen molar-refractivity contribution in [3.63, 3.8) is 0 Å². The molecule has 0 saturated carbocycles. The van der Waals surface area contributed by atoms with Gasteiger partial charge in [0, 0.05) is 6.20 Å². The zero-order chi connectivity index (χ0) is 13.6. The summed E-state index contributed by atoms with van der Waals surface area (Å²) >= 11 is 0. The number of nitrogen functional groups attached to an aromatic ring is 1. The summed E-state index contributed by atoms with van der Waals surface area (Å²) in [5, 5.41) is 36.5. The first-order valence-electron chi connectivity index (χ1n) is 5.71. The van der Waals surface area contributed by atoms with Gasteiger partial charge in [-0.15, -0.1) is 5.10 Å². The summed E-state index contributed by atoms with van der Waals surface area (Å²) in [7, 11) is 0. The lowest BCUT2D eigenvalue weighted by Gasteiger charge is -2.15. The van der Waals surface area contributed by atoms with Gasteiger partial charge in [-0.25, -0.2) is 9.67 Å². The summed E-state index contributed by atoms with van der Waals surface area (Å²) < 4.78 is 6.63. The van der Waals surface area contributed by atoms with E-state index in [-0.39, 0.29) is 5.82 Å². The number of hydrogen-bond acceptors (Lipinski definition) is 8. The van der Waals surface area contributed by atoms with Crippen molar-refractivity contribution in [1.29, 1.82) is 0 Å². The Bertz CT molecular complexity index is 603. The highest BCUT2D eigenvalue weighted by molar-refractivity contribution is 5.83. The highest BCUT2D eigenvalue weighted by atomic mass is 16.6. The zero-order valence-electron chi connectivity index (χ0n) is 9.79. The lowest BCUT2D eigenvalue weighted by Crippen LogP contribution is -2.33. The first-order valence-corrected chi connectivity index (χ1v) is 5.71. The standard InChI is InChI=1S/C10H13N5O4/c11-9-6-4(1-2-12-9)13-14-15(6)10-8(18)7(17)5(3-16)19-10/h1-2,5,7-8,10,16-18H,3H2,(H2,11,12)/t5-,7-,8-,10-/m1/s1. The topological polar surface area (TPSA) is 140 Å². The summed E-state index contributed by atoms with van der Waals surface area (Å²) in [6.07, 6.45) is -2.79. The molecule has 0 aliphatic carbocycles. The van der Waals surface area contributed by atoms with Crippen molar-refractivity contribution < 1.29 is 20.1 Å². The number of aliphatic hydroxyl groups is 3. The minimum atomic E-state index is -1.23. The van der Waals surface area contributed by atoms with Gasteiger partial charge in [0.1, 0.15) is 29.3 Å². The lowest BCUT2D eigenvalue weighted by molar-refractivity contribution is -0.0571. The maximum absolute atomic E-state index is 9.95. The Balaban J connectivity index is 2.06. The molecule has 1 aliphatic rings. The molecular formula is C10H13N5O4. The zero-order valence-corrected chi connectivity index (χ0v) is 9.79. The van der Waals surface area contributed by atoms with Crippen LogP contribution in [0.3, 0.4) is 0 Å². The van der Waals surface area contributed by atoms with Crippen LogP contribution < -0.4 is 5.73 Å². The van der Waals surface area contributed by atoms with Crippen LogP contribution in [0.5, 0.6) is 0 Å². The van der Waals surface area contributed by atoms with Gasteiger partial charge < -0.3 is 25.8 Å². The van der Waals surface area contributed by atoms with E-state index >= 15 is 0 Å². The van der Waals surface area contributed by atoms with Crippen LogP contribution in [0.2, 0.25) is 0 Å². The molecule has 3 heterocycles. The quantitative estimate of drug-likeness (QED) is 0.491. The lowest BCUT2D eigenvalue weighted by atomic mass is 10.1. The maximum Gasteiger partial charge on any atom is 0.181 e. The third kappa shape index (κ3) is 1.75. The average Bonchev–Trinajstić information content (AvgIpc) is 2.94. The van der Waals surface area contributed by atoms with E-state index in [0.29, 0.717) is 11.0 Å². The molecule has 0 radical (unpaired) electrons. The number of anilines is 1. The highest BCUT2D eigenvalue weighted by Gasteiger charge is 2.44. The molecule has 19 heavy (non-hydrogen) atoms. The second-order valence-corrected chi connectivity index (χ2v) is 4.33. The maximum atomic E-state index is 9.95. The Morgan fingerprint density at radius 1 is 1.37 bits per heavy atom. The van der Waals surface area contributed by atoms with Crippen LogP contribution >= 0.6 is 0 Å². The second kappa shape index (κ2) is 4.38. The molecule has 9 heteroatoms. The average molecular weight is 267 g/mol. The van der Waals surface area contributed by atoms with Gasteiger partial charge in [-0.3, -0.25) is 0 Å². The molecule has 102 valence electrons. The normalized spacial score (nSPS) is 31.1. The molecule has 0 unspecified atom stereocenters. The smallest absolute Gasteiger partial charge is 0.181 e. The summed E-state index contributed by atoms with van der Waals surface area (Å²) in [6, 6.07) is 1.62. The van der Waals surface area contributed by atoms with Crippen LogP contribution in [-0.2, 0) is 4.74 Å². The summed E-state index contributed by atoms with van der Waals surface area (Å²) in [6.45, 7) is -0.408. The molecule has 1 aliphatic heterocycles. The molecule has 9 nitrogen and oxygen atoms in total. The van der Waals surface area contributed by atoms with E-state index in [4.69, 9.17) is 15.6 Å². The fourth-order valence-electron chi connectivity index (χ4n) is 2.18. The van der Waals surface area contributed by atoms with Crippen LogP contribution in [0.4, 0.5) is 5.82 Å². The second-order valence-electron chi connectivity index (χ2n) is 4.33. The number of ether oxygens (including phenoxy) is 1. The number of nitrogens with zero attached hydrogens (tertiary/aromatic N) is 4. The number of fused-ring (bicyclic) bond motifs is 1. The Kier molecular flexibility index (Phi) is 2.82. The van der Waals surface area contributed by atoms with E-state index in [1.54, 1.807) is 6.07 Å². The summed E-state index contributed by atoms with van der Waals surface area (Å²) in [5.74, 6) is 0.195. The van der Waals surface area contributed by atoms with Crippen molar-refractivity contribution in [2.45, 2.75) is 24.5 Å². The van der Waals surface area contributed by atoms with Gasteiger partial charge in [0.2, 0.25) is 0 Å². The first kappa shape index (κ1) is 12.2. The number of nitrogens with two attached hydrogens (primary N) is 1. The minimum absolute atomic E-state index is 0.195. The van der Waals surface area contributed by atoms with Crippen molar-refractivity contribution >= 4 is 16.9 Å². The van der Waals surface area contributed by atoms with E-state index in [0.717, 1.165) is 0 Å². The Labute approximate surface area is 107 Å². The van der Waals surface area contributed by atoms with E-state index in [2.05, 4.69) is 15.3 Å². The summed E-state index contributed by atoms with van der Waals surface area (Å²) in [4.78, 5) is 3.92. The largest absolute Gasteiger partial charge is 0.394 e. The van der Waals surface area contributed by atoms with E-state index in [1.165, 1.54) is 10.9 Å². The molecule has 1 saturated heterocycles. The van der Waals surface area contributed by atoms with E-state index in [9.17, 15) is 10.2 Å². The Morgan fingerprint density at radius 2 is 2.16 bits per heavy atom. The minimum Gasteiger partial charge on any atom is -0.394 e. The van der Waals surface area contributed by atoms with Crippen molar-refractivity contribution in [3.8, 4) is 0 Å². The fourth-order valence-corrected chi connectivity index (χ4v) is 2.18. The molecule has 0 amide bonds. The van der Waals surface area contributed by atoms with E-state index < -0.39 is 31.1 Å². The van der Waals surface area contributed by atoms with Crippen LogP contribution in [0.15, 0.2) is 12.3 Å². The third-order valence-corrected chi connectivity index (χ3v) is 3.17. The first-order chi connectivity index (χ1) is 9.13. The Hall–Kier alpha value is -1.81. The van der Waals surface area contributed by atoms with Gasteiger partial charge in [0.15, 0.2) is 12.0 Å². The molecule has 3 rings (SSSR count). The van der Waals surface area contributed by atoms with Gasteiger partial charge in [-0.1, -0.05) is 5.21 Å². The number of aliphatic hydroxyl groups excluding tert-OH is 3. The van der Waals surface area contributed by atoms with Crippen molar-refractivity contribution in [1.82, 2.24) is 20.0 Å². The van der Waals surface area contributed by atoms with Crippen molar-refractivity contribution in [3.05, 3.63) is 12.3 Å². The predicted molar refractivity (Wildman–Crippen MR) is 62.7 cm³/mol. The SMILES string of the molecule is Nc1nccc2nnn([C@@H]3O[C@H](CO)[C@@H](O)[C@H]3O)c12. The number of aromatic nitrogens is 4. The number of rotatable bonds is 2. The molecule has 2 aromatic heterocycles. The molecule has 5 N–H and O–H groups in total. The third-order valence-electron chi connectivity index (χ3n) is 3.17. The predicted octanol–water partition coefficient (Wildman–Crippen LogP) is -1.98. The highest BCUT2D eigenvalue weighted by Crippen LogP contribution is 2.31. The molecule has 4 atom stereocenters.